The minimum atomic E-state index is 0. The van der Waals surface area contributed by atoms with Gasteiger partial charge >= 0.3 is 0 Å². The molecule has 0 aliphatic carbocycles. The van der Waals surface area contributed by atoms with Crippen LogP contribution in [0.15, 0.2) is 91.5 Å². The first kappa shape index (κ1) is 21.4. The van der Waals surface area contributed by atoms with E-state index in [4.69, 9.17) is 0 Å². The number of aromatic nitrogens is 4. The first-order valence-electron chi connectivity index (χ1n) is 8.61. The Morgan fingerprint density at radius 3 is 1.46 bits per heavy atom. The number of hydrogen-bond donors (Lipinski definition) is 0. The van der Waals surface area contributed by atoms with Gasteiger partial charge in [0.2, 0.25) is 0 Å². The summed E-state index contributed by atoms with van der Waals surface area (Å²) in [6.07, 6.45) is 7.11. The summed E-state index contributed by atoms with van der Waals surface area (Å²) in [5, 5.41) is 0. The molecule has 4 aromatic rings. The molecule has 4 rings (SSSR count). The number of rotatable bonds is 3. The predicted octanol–water partition coefficient (Wildman–Crippen LogP) is 4.35. The maximum atomic E-state index is 4.59. The van der Waals surface area contributed by atoms with E-state index in [-0.39, 0.29) is 21.1 Å². The summed E-state index contributed by atoms with van der Waals surface area (Å²) >= 11 is 0. The van der Waals surface area contributed by atoms with Gasteiger partial charge in [-0.1, -0.05) is 18.2 Å². The van der Waals surface area contributed by atoms with Gasteiger partial charge in [-0.25, -0.2) is 4.98 Å². The zero-order valence-electron chi connectivity index (χ0n) is 15.7. The third-order valence-electron chi connectivity index (χ3n) is 3.78. The van der Waals surface area contributed by atoms with E-state index in [9.17, 15) is 0 Å². The van der Waals surface area contributed by atoms with E-state index in [0.717, 1.165) is 22.8 Å². The van der Waals surface area contributed by atoms with Crippen LogP contribution in [-0.2, 0) is 21.1 Å². The van der Waals surface area contributed by atoms with Crippen LogP contribution in [0.5, 0.6) is 0 Å². The zero-order valence-corrected chi connectivity index (χ0v) is 18.0. The van der Waals surface area contributed by atoms with Crippen LogP contribution in [0, 0.1) is 0 Å². The smallest absolute Gasteiger partial charge is 0.0894 e. The molecule has 4 aromatic heterocycles. The summed E-state index contributed by atoms with van der Waals surface area (Å²) in [7, 11) is 4.02. The van der Waals surface area contributed by atoms with Gasteiger partial charge in [-0.15, -0.1) is 0 Å². The molecule has 0 saturated heterocycles. The summed E-state index contributed by atoms with van der Waals surface area (Å²) < 4.78 is 0. The van der Waals surface area contributed by atoms with Gasteiger partial charge in [-0.3, -0.25) is 15.0 Å². The summed E-state index contributed by atoms with van der Waals surface area (Å²) in [4.78, 5) is 19.1. The van der Waals surface area contributed by atoms with Crippen LogP contribution < -0.4 is 4.90 Å². The average molecular weight is 551 g/mol. The van der Waals surface area contributed by atoms with Gasteiger partial charge in [0.25, 0.3) is 0 Å². The molecule has 0 atom stereocenters. The van der Waals surface area contributed by atoms with Gasteiger partial charge in [0, 0.05) is 65.6 Å². The van der Waals surface area contributed by atoms with E-state index in [1.807, 2.05) is 85.7 Å². The van der Waals surface area contributed by atoms with Crippen LogP contribution in [0.2, 0.25) is 0 Å². The monoisotopic (exact) mass is 550 g/mol. The van der Waals surface area contributed by atoms with Crippen LogP contribution >= 0.6 is 0 Å². The van der Waals surface area contributed by atoms with Gasteiger partial charge < -0.3 is 4.90 Å². The Hall–Kier alpha value is -2.91. The van der Waals surface area contributed by atoms with Crippen LogP contribution in [0.25, 0.3) is 22.8 Å². The van der Waals surface area contributed by atoms with Crippen LogP contribution in [0.4, 0.5) is 5.69 Å². The van der Waals surface area contributed by atoms with Crippen LogP contribution in [0.3, 0.4) is 0 Å². The van der Waals surface area contributed by atoms with Crippen molar-refractivity contribution in [1.29, 1.82) is 0 Å². The van der Waals surface area contributed by atoms with E-state index >= 15 is 0 Å². The number of hydrogen-bond acceptors (Lipinski definition) is 5. The Kier molecular flexibility index (Phi) is 8.44. The molecular formula is C22H21N5Pt. The third kappa shape index (κ3) is 6.07. The molecule has 0 bridgehead atoms. The third-order valence-corrected chi connectivity index (χ3v) is 3.78. The van der Waals surface area contributed by atoms with Crippen molar-refractivity contribution >= 4 is 5.69 Å². The maximum Gasteiger partial charge on any atom is 0.0894 e. The van der Waals surface area contributed by atoms with Crippen molar-refractivity contribution in [3.8, 4) is 22.8 Å². The van der Waals surface area contributed by atoms with Gasteiger partial charge in [-0.05, 0) is 48.5 Å². The fourth-order valence-corrected chi connectivity index (χ4v) is 2.39. The second-order valence-electron chi connectivity index (χ2n) is 5.94. The van der Waals surface area contributed by atoms with Crippen molar-refractivity contribution in [3.05, 3.63) is 91.5 Å². The Balaban J connectivity index is 0.000000239. The Labute approximate surface area is 179 Å². The minimum absolute atomic E-state index is 0. The number of nitrogens with zero attached hydrogens (tertiary/aromatic N) is 5. The average Bonchev–Trinajstić information content (AvgIpc) is 2.76. The van der Waals surface area contributed by atoms with Gasteiger partial charge in [-0.2, -0.15) is 0 Å². The van der Waals surface area contributed by atoms with E-state index in [0.29, 0.717) is 0 Å². The van der Waals surface area contributed by atoms with E-state index < -0.39 is 0 Å². The van der Waals surface area contributed by atoms with Crippen molar-refractivity contribution in [2.24, 2.45) is 0 Å². The Bertz CT molecular complexity index is 893. The van der Waals surface area contributed by atoms with Crippen molar-refractivity contribution in [1.82, 2.24) is 19.9 Å². The molecule has 0 amide bonds. The molecule has 0 aromatic carbocycles. The molecule has 0 aliphatic rings. The molecule has 0 saturated carbocycles. The molecule has 4 heterocycles. The normalized spacial score (nSPS) is 9.50. The van der Waals surface area contributed by atoms with Gasteiger partial charge in [0.15, 0.2) is 0 Å². The van der Waals surface area contributed by atoms with Crippen LogP contribution in [-0.4, -0.2) is 34.0 Å². The summed E-state index contributed by atoms with van der Waals surface area (Å²) in [6.45, 7) is 0. The maximum absolute atomic E-state index is 4.59. The SMILES string of the molecule is CN(C)c1ccncc1.[Pt].c1ccc(-c2cccc(-c3ccccn3)n2)nc1. The molecule has 0 aliphatic heterocycles. The van der Waals surface area contributed by atoms with Crippen molar-refractivity contribution in [2.45, 2.75) is 0 Å². The largest absolute Gasteiger partial charge is 0.378 e. The van der Waals surface area contributed by atoms with Crippen molar-refractivity contribution in [3.63, 3.8) is 0 Å². The first-order chi connectivity index (χ1) is 13.2. The predicted molar refractivity (Wildman–Crippen MR) is 109 cm³/mol. The topological polar surface area (TPSA) is 54.8 Å². The Morgan fingerprint density at radius 1 is 0.571 bits per heavy atom. The summed E-state index contributed by atoms with van der Waals surface area (Å²) in [5.74, 6) is 0. The molecule has 0 N–H and O–H groups in total. The van der Waals surface area contributed by atoms with Crippen molar-refractivity contribution < 1.29 is 21.1 Å². The van der Waals surface area contributed by atoms with E-state index in [2.05, 4.69) is 19.9 Å². The summed E-state index contributed by atoms with van der Waals surface area (Å²) in [6, 6.07) is 21.4. The quantitative estimate of drug-likeness (QED) is 0.380. The van der Waals surface area contributed by atoms with Gasteiger partial charge in [0.1, 0.15) is 0 Å². The number of pyridine rings is 4. The molecule has 5 nitrogen and oxygen atoms in total. The second kappa shape index (κ2) is 11.1. The van der Waals surface area contributed by atoms with E-state index in [1.165, 1.54) is 5.69 Å². The van der Waals surface area contributed by atoms with E-state index in [1.54, 1.807) is 24.8 Å². The Morgan fingerprint density at radius 2 is 1.07 bits per heavy atom. The molecule has 0 fully saturated rings. The molecular weight excluding hydrogens is 529 g/mol. The first-order valence-corrected chi connectivity index (χ1v) is 8.61. The molecule has 0 radical (unpaired) electrons. The fraction of sp³-hybridized carbons (Fsp3) is 0.0909. The van der Waals surface area contributed by atoms with Gasteiger partial charge in [0.05, 0.1) is 22.8 Å². The molecule has 6 heteroatoms. The molecule has 0 unspecified atom stereocenters. The molecule has 0 spiro atoms. The number of anilines is 1. The fourth-order valence-electron chi connectivity index (χ4n) is 2.39. The second-order valence-corrected chi connectivity index (χ2v) is 5.94. The molecule has 144 valence electrons. The minimum Gasteiger partial charge on any atom is -0.378 e. The standard InChI is InChI=1S/C15H11N3.C7H10N2.Pt/c1-3-10-16-12(6-1)14-8-5-9-15(18-14)13-7-2-4-11-17-13;1-9(2)7-3-5-8-6-4-7;/h1-11H;3-6H,1-2H3;. The van der Waals surface area contributed by atoms with Crippen molar-refractivity contribution in [2.75, 3.05) is 19.0 Å². The zero-order chi connectivity index (χ0) is 18.9. The summed E-state index contributed by atoms with van der Waals surface area (Å²) in [5.41, 5.74) is 4.65. The molecule has 28 heavy (non-hydrogen) atoms. The van der Waals surface area contributed by atoms with Crippen LogP contribution in [0.1, 0.15) is 0 Å².